The van der Waals surface area contributed by atoms with Crippen molar-refractivity contribution < 1.29 is 28.9 Å². The lowest BCUT2D eigenvalue weighted by Gasteiger charge is -2.16. The largest absolute Gasteiger partial charge is 0.478 e. The Labute approximate surface area is 190 Å². The van der Waals surface area contributed by atoms with E-state index in [-0.39, 0.29) is 11.1 Å². The molecule has 6 nitrogen and oxygen atoms in total. The maximum atomic E-state index is 13.8. The van der Waals surface area contributed by atoms with Crippen LogP contribution in [-0.4, -0.2) is 41.0 Å². The molecule has 0 aromatic heterocycles. The number of fused-ring (bicyclic) bond motifs is 2. The standard InChI is InChI=1S/C20H22FNOS.C4H4O4/c21-16-7-8-19-17(12-16)20(24-10-9-22-13-14-5-6-14)11-15-3-1-2-4-18(15)23-19;5-3(6)1-2-4(7)8/h1-4,7-8,12,14,20,22H,5-6,9-11,13H2;1-2H,(H,5,6)(H,7,8)/b;2-1-. The van der Waals surface area contributed by atoms with Gasteiger partial charge in [-0.2, -0.15) is 11.8 Å². The third kappa shape index (κ3) is 7.69. The Morgan fingerprint density at radius 3 is 2.50 bits per heavy atom. The number of rotatable bonds is 8. The van der Waals surface area contributed by atoms with Crippen LogP contribution in [0.3, 0.4) is 0 Å². The molecule has 170 valence electrons. The van der Waals surface area contributed by atoms with Crippen molar-refractivity contribution in [3.05, 3.63) is 71.6 Å². The monoisotopic (exact) mass is 459 g/mol. The first kappa shape index (κ1) is 23.8. The number of carboxylic acids is 2. The van der Waals surface area contributed by atoms with Crippen molar-refractivity contribution >= 4 is 23.7 Å². The van der Waals surface area contributed by atoms with Crippen LogP contribution in [0.1, 0.15) is 29.2 Å². The number of ether oxygens (including phenoxy) is 1. The van der Waals surface area contributed by atoms with Gasteiger partial charge in [-0.25, -0.2) is 14.0 Å². The Morgan fingerprint density at radius 1 is 1.09 bits per heavy atom. The second kappa shape index (κ2) is 11.7. The lowest BCUT2D eigenvalue weighted by atomic mass is 10.0. The number of aliphatic carboxylic acids is 2. The second-order valence-corrected chi connectivity index (χ2v) is 8.92. The molecule has 1 unspecified atom stereocenters. The molecule has 0 radical (unpaired) electrons. The Kier molecular flexibility index (Phi) is 8.70. The Bertz CT molecular complexity index is 961. The van der Waals surface area contributed by atoms with Crippen molar-refractivity contribution in [2.24, 2.45) is 5.92 Å². The van der Waals surface area contributed by atoms with Gasteiger partial charge in [0.2, 0.25) is 0 Å². The van der Waals surface area contributed by atoms with E-state index in [1.54, 1.807) is 12.1 Å². The van der Waals surface area contributed by atoms with E-state index in [4.69, 9.17) is 14.9 Å². The first-order valence-electron chi connectivity index (χ1n) is 10.4. The van der Waals surface area contributed by atoms with Crippen molar-refractivity contribution in [2.45, 2.75) is 24.5 Å². The topological polar surface area (TPSA) is 95.9 Å². The van der Waals surface area contributed by atoms with Crippen molar-refractivity contribution in [1.82, 2.24) is 5.32 Å². The minimum Gasteiger partial charge on any atom is -0.478 e. The summed E-state index contributed by atoms with van der Waals surface area (Å²) in [5, 5.41) is 19.4. The summed E-state index contributed by atoms with van der Waals surface area (Å²) < 4.78 is 19.9. The van der Waals surface area contributed by atoms with Crippen LogP contribution in [0.25, 0.3) is 0 Å². The van der Waals surface area contributed by atoms with Gasteiger partial charge in [0.1, 0.15) is 17.3 Å². The van der Waals surface area contributed by atoms with E-state index in [1.165, 1.54) is 24.5 Å². The number of halogens is 1. The summed E-state index contributed by atoms with van der Waals surface area (Å²) in [5.41, 5.74) is 2.16. The van der Waals surface area contributed by atoms with E-state index >= 15 is 0 Å². The van der Waals surface area contributed by atoms with Gasteiger partial charge in [-0.1, -0.05) is 18.2 Å². The summed E-state index contributed by atoms with van der Waals surface area (Å²) in [4.78, 5) is 19.1. The number of nitrogens with one attached hydrogen (secondary N) is 1. The summed E-state index contributed by atoms with van der Waals surface area (Å²) in [6.45, 7) is 2.15. The van der Waals surface area contributed by atoms with Gasteiger partial charge in [-0.3, -0.25) is 0 Å². The van der Waals surface area contributed by atoms with E-state index in [0.717, 1.165) is 48.2 Å². The first-order chi connectivity index (χ1) is 15.4. The molecule has 4 rings (SSSR count). The van der Waals surface area contributed by atoms with E-state index in [1.807, 2.05) is 30.0 Å². The average molecular weight is 460 g/mol. The fraction of sp³-hybridized carbons (Fsp3) is 0.333. The molecule has 3 N–H and O–H groups in total. The van der Waals surface area contributed by atoms with Crippen LogP contribution in [0.15, 0.2) is 54.6 Å². The van der Waals surface area contributed by atoms with Crippen LogP contribution in [0, 0.1) is 11.7 Å². The third-order valence-corrected chi connectivity index (χ3v) is 6.28. The molecule has 2 aromatic rings. The zero-order chi connectivity index (χ0) is 22.9. The molecule has 1 heterocycles. The van der Waals surface area contributed by atoms with Gasteiger partial charge in [0, 0.05) is 35.3 Å². The predicted octanol–water partition coefficient (Wildman–Crippen LogP) is 4.66. The van der Waals surface area contributed by atoms with Gasteiger partial charge in [0.15, 0.2) is 0 Å². The molecule has 1 fully saturated rings. The van der Waals surface area contributed by atoms with Crippen LogP contribution in [-0.2, 0) is 16.0 Å². The Balaban J connectivity index is 0.000000312. The first-order valence-corrected chi connectivity index (χ1v) is 11.5. The minimum absolute atomic E-state index is 0.194. The highest BCUT2D eigenvalue weighted by Crippen LogP contribution is 2.44. The van der Waals surface area contributed by atoms with E-state index in [9.17, 15) is 14.0 Å². The molecule has 8 heteroatoms. The van der Waals surface area contributed by atoms with Gasteiger partial charge in [0.25, 0.3) is 0 Å². The highest BCUT2D eigenvalue weighted by molar-refractivity contribution is 7.99. The number of para-hydroxylation sites is 1. The summed E-state index contributed by atoms with van der Waals surface area (Å²) in [7, 11) is 0. The highest BCUT2D eigenvalue weighted by atomic mass is 32.2. The lowest BCUT2D eigenvalue weighted by molar-refractivity contribution is -0.134. The van der Waals surface area contributed by atoms with Gasteiger partial charge in [-0.05, 0) is 61.6 Å². The molecule has 0 amide bonds. The summed E-state index contributed by atoms with van der Waals surface area (Å²) in [6.07, 6.45) is 4.75. The molecule has 1 saturated carbocycles. The van der Waals surface area contributed by atoms with Crippen molar-refractivity contribution in [2.75, 3.05) is 18.8 Å². The maximum absolute atomic E-state index is 13.8. The van der Waals surface area contributed by atoms with E-state index in [2.05, 4.69) is 11.4 Å². The number of hydrogen-bond donors (Lipinski definition) is 3. The minimum atomic E-state index is -1.26. The molecule has 1 aliphatic heterocycles. The van der Waals surface area contributed by atoms with Gasteiger partial charge in [-0.15, -0.1) is 0 Å². The molecule has 1 aliphatic carbocycles. The maximum Gasteiger partial charge on any atom is 0.328 e. The van der Waals surface area contributed by atoms with Crippen LogP contribution in [0.2, 0.25) is 0 Å². The fourth-order valence-electron chi connectivity index (χ4n) is 3.26. The SMILES string of the molecule is Fc1ccc2c(c1)C(SCCNCC1CC1)Cc1ccccc1O2.O=C(O)/C=C\C(=O)O. The van der Waals surface area contributed by atoms with Crippen molar-refractivity contribution in [3.8, 4) is 11.5 Å². The van der Waals surface area contributed by atoms with Crippen LogP contribution < -0.4 is 10.1 Å². The van der Waals surface area contributed by atoms with E-state index in [0.29, 0.717) is 12.2 Å². The molecule has 2 aliphatic rings. The summed E-state index contributed by atoms with van der Waals surface area (Å²) in [6, 6.07) is 13.0. The molecule has 0 spiro atoms. The number of carbonyl (C=O) groups is 2. The van der Waals surface area contributed by atoms with Crippen LogP contribution >= 0.6 is 11.8 Å². The van der Waals surface area contributed by atoms with Gasteiger partial charge < -0.3 is 20.3 Å². The normalized spacial score (nSPS) is 16.7. The summed E-state index contributed by atoms with van der Waals surface area (Å²) >= 11 is 1.89. The number of carboxylic acid groups (broad SMARTS) is 2. The van der Waals surface area contributed by atoms with Crippen molar-refractivity contribution in [3.63, 3.8) is 0 Å². The third-order valence-electron chi connectivity index (χ3n) is 5.01. The molecule has 32 heavy (non-hydrogen) atoms. The fourth-order valence-corrected chi connectivity index (χ4v) is 4.46. The Hall–Kier alpha value is -2.84. The van der Waals surface area contributed by atoms with E-state index < -0.39 is 11.9 Å². The smallest absolute Gasteiger partial charge is 0.328 e. The van der Waals surface area contributed by atoms with Gasteiger partial charge in [0.05, 0.1) is 0 Å². The number of benzene rings is 2. The zero-order valence-corrected chi connectivity index (χ0v) is 18.3. The molecular weight excluding hydrogens is 433 g/mol. The quantitative estimate of drug-likeness (QED) is 0.390. The number of thioether (sulfide) groups is 1. The lowest BCUT2D eigenvalue weighted by Crippen LogP contribution is -2.20. The average Bonchev–Trinajstić information content (AvgIpc) is 3.59. The predicted molar refractivity (Wildman–Crippen MR) is 122 cm³/mol. The molecule has 2 aromatic carbocycles. The highest BCUT2D eigenvalue weighted by Gasteiger charge is 2.24. The zero-order valence-electron chi connectivity index (χ0n) is 17.5. The Morgan fingerprint density at radius 2 is 1.81 bits per heavy atom. The molecule has 1 atom stereocenters. The number of hydrogen-bond acceptors (Lipinski definition) is 5. The van der Waals surface area contributed by atoms with Crippen LogP contribution in [0.4, 0.5) is 4.39 Å². The molecular formula is C24H26FNO5S. The molecule has 0 bridgehead atoms. The second-order valence-electron chi connectivity index (χ2n) is 7.61. The van der Waals surface area contributed by atoms with Crippen LogP contribution in [0.5, 0.6) is 11.5 Å². The van der Waals surface area contributed by atoms with Crippen molar-refractivity contribution in [1.29, 1.82) is 0 Å². The molecule has 0 saturated heterocycles. The van der Waals surface area contributed by atoms with Gasteiger partial charge >= 0.3 is 11.9 Å². The summed E-state index contributed by atoms with van der Waals surface area (Å²) in [5.74, 6) is 0.892.